The van der Waals surface area contributed by atoms with Crippen molar-refractivity contribution in [3.8, 4) is 0 Å². The van der Waals surface area contributed by atoms with Gasteiger partial charge < -0.3 is 0 Å². The summed E-state index contributed by atoms with van der Waals surface area (Å²) >= 11 is 0. The van der Waals surface area contributed by atoms with Gasteiger partial charge in [-0.05, 0) is 12.1 Å². The molecule has 0 spiro atoms. The number of nitrogens with zero attached hydrogens (tertiary/aromatic N) is 1. The first-order valence-electron chi connectivity index (χ1n) is 2.53. The standard InChI is InChI=1S/C5H6N2O2S.FH/c6-10(8,9)5-2-1-3-7-4-5;/h1-4H,(H2,6,8,9);1H. The summed E-state index contributed by atoms with van der Waals surface area (Å²) in [4.78, 5) is 3.63. The summed E-state index contributed by atoms with van der Waals surface area (Å²) in [6.07, 6.45) is 2.68. The number of pyridine rings is 1. The normalized spacial score (nSPS) is 10.3. The molecule has 0 amide bonds. The number of hydrogen-bond donors (Lipinski definition) is 1. The minimum atomic E-state index is -3.57. The van der Waals surface area contributed by atoms with Crippen LogP contribution in [0, 0.1) is 0 Å². The van der Waals surface area contributed by atoms with Gasteiger partial charge in [-0.3, -0.25) is 9.69 Å². The minimum Gasteiger partial charge on any atom is -0.269 e. The van der Waals surface area contributed by atoms with Crippen LogP contribution in [0.2, 0.25) is 0 Å². The predicted molar refractivity (Wildman–Crippen MR) is 38.1 cm³/mol. The van der Waals surface area contributed by atoms with Gasteiger partial charge in [0.15, 0.2) is 0 Å². The van der Waals surface area contributed by atoms with Crippen LogP contribution in [0.5, 0.6) is 0 Å². The maximum atomic E-state index is 10.6. The number of nitrogens with two attached hydrogens (primary N) is 1. The number of rotatable bonds is 1. The molecule has 0 saturated heterocycles. The lowest BCUT2D eigenvalue weighted by molar-refractivity contribution is 0.597. The van der Waals surface area contributed by atoms with Crippen LogP contribution in [0.25, 0.3) is 0 Å². The minimum absolute atomic E-state index is 0. The highest BCUT2D eigenvalue weighted by atomic mass is 32.2. The lowest BCUT2D eigenvalue weighted by atomic mass is 10.5. The molecule has 1 aromatic rings. The average molecular weight is 178 g/mol. The Balaban J connectivity index is 0.000001000. The Morgan fingerprint density at radius 2 is 2.09 bits per heavy atom. The number of primary sulfonamides is 1. The Hall–Kier alpha value is -1.01. The fraction of sp³-hybridized carbons (Fsp3) is 0. The summed E-state index contributed by atoms with van der Waals surface area (Å²) in [5, 5.41) is 4.79. The van der Waals surface area contributed by atoms with Crippen molar-refractivity contribution in [3.05, 3.63) is 24.5 Å². The van der Waals surface area contributed by atoms with Crippen LogP contribution in [-0.2, 0) is 10.0 Å². The number of hydrogen-bond acceptors (Lipinski definition) is 3. The molecule has 0 atom stereocenters. The Labute approximate surface area is 63.5 Å². The van der Waals surface area contributed by atoms with Crippen LogP contribution < -0.4 is 5.14 Å². The highest BCUT2D eigenvalue weighted by Gasteiger charge is 2.04. The summed E-state index contributed by atoms with van der Waals surface area (Å²) in [5.41, 5.74) is 0. The summed E-state index contributed by atoms with van der Waals surface area (Å²) in [5.74, 6) is 0. The van der Waals surface area contributed by atoms with Gasteiger partial charge in [-0.2, -0.15) is 0 Å². The monoisotopic (exact) mass is 178 g/mol. The van der Waals surface area contributed by atoms with E-state index in [2.05, 4.69) is 4.98 Å². The van der Waals surface area contributed by atoms with Gasteiger partial charge in [-0.15, -0.1) is 0 Å². The topological polar surface area (TPSA) is 73.1 Å². The molecule has 1 heterocycles. The van der Waals surface area contributed by atoms with E-state index in [-0.39, 0.29) is 9.60 Å². The Morgan fingerprint density at radius 3 is 2.36 bits per heavy atom. The third-order valence-corrected chi connectivity index (χ3v) is 1.86. The lowest BCUT2D eigenvalue weighted by Crippen LogP contribution is -2.11. The van der Waals surface area contributed by atoms with E-state index in [1.54, 1.807) is 0 Å². The van der Waals surface area contributed by atoms with Crippen molar-refractivity contribution in [2.45, 2.75) is 4.90 Å². The second-order valence-electron chi connectivity index (χ2n) is 1.73. The first kappa shape index (κ1) is 9.99. The van der Waals surface area contributed by atoms with Crippen LogP contribution in [-0.4, -0.2) is 13.4 Å². The van der Waals surface area contributed by atoms with Crippen molar-refractivity contribution in [1.82, 2.24) is 4.98 Å². The van der Waals surface area contributed by atoms with E-state index >= 15 is 0 Å². The zero-order valence-electron chi connectivity index (χ0n) is 5.47. The molecule has 62 valence electrons. The molecular formula is C5H7FN2O2S. The summed E-state index contributed by atoms with van der Waals surface area (Å²) in [7, 11) is -3.57. The van der Waals surface area contributed by atoms with E-state index in [9.17, 15) is 8.42 Å². The third kappa shape index (κ3) is 2.60. The molecule has 0 aliphatic rings. The Bertz CT molecular complexity index is 311. The predicted octanol–water partition coefficient (Wildman–Crippen LogP) is -0.118. The van der Waals surface area contributed by atoms with E-state index in [4.69, 9.17) is 5.14 Å². The van der Waals surface area contributed by atoms with Gasteiger partial charge in [0.1, 0.15) is 4.90 Å². The van der Waals surface area contributed by atoms with Crippen molar-refractivity contribution in [1.29, 1.82) is 0 Å². The molecule has 0 bridgehead atoms. The van der Waals surface area contributed by atoms with Crippen LogP contribution in [0.1, 0.15) is 0 Å². The molecule has 0 aliphatic heterocycles. The van der Waals surface area contributed by atoms with Crippen LogP contribution in [0.4, 0.5) is 4.70 Å². The Kier molecular flexibility index (Phi) is 3.09. The van der Waals surface area contributed by atoms with Gasteiger partial charge >= 0.3 is 0 Å². The first-order valence-corrected chi connectivity index (χ1v) is 4.08. The van der Waals surface area contributed by atoms with Crippen molar-refractivity contribution in [2.24, 2.45) is 5.14 Å². The first-order chi connectivity index (χ1) is 4.61. The molecule has 2 N–H and O–H groups in total. The molecular weight excluding hydrogens is 171 g/mol. The van der Waals surface area contributed by atoms with Gasteiger partial charge in [-0.1, -0.05) is 0 Å². The van der Waals surface area contributed by atoms with Crippen molar-refractivity contribution < 1.29 is 13.1 Å². The van der Waals surface area contributed by atoms with Gasteiger partial charge in [0.25, 0.3) is 0 Å². The number of sulfonamides is 1. The zero-order valence-corrected chi connectivity index (χ0v) is 6.28. The van der Waals surface area contributed by atoms with Gasteiger partial charge in [-0.25, -0.2) is 13.6 Å². The second kappa shape index (κ2) is 3.40. The number of aromatic nitrogens is 1. The highest BCUT2D eigenvalue weighted by Crippen LogP contribution is 2.00. The molecule has 1 aromatic heterocycles. The molecule has 0 aromatic carbocycles. The summed E-state index contributed by atoms with van der Waals surface area (Å²) in [6, 6.07) is 2.90. The SMILES string of the molecule is F.NS(=O)(=O)c1cccnc1. The second-order valence-corrected chi connectivity index (χ2v) is 3.30. The molecule has 0 fully saturated rings. The molecule has 11 heavy (non-hydrogen) atoms. The van der Waals surface area contributed by atoms with E-state index in [0.717, 1.165) is 0 Å². The Morgan fingerprint density at radius 1 is 1.45 bits per heavy atom. The molecule has 0 saturated carbocycles. The van der Waals surface area contributed by atoms with Crippen LogP contribution in [0.15, 0.2) is 29.4 Å². The smallest absolute Gasteiger partial charge is 0.239 e. The molecule has 1 rings (SSSR count). The fourth-order valence-electron chi connectivity index (χ4n) is 0.515. The van der Waals surface area contributed by atoms with E-state index in [0.29, 0.717) is 0 Å². The van der Waals surface area contributed by atoms with Crippen LogP contribution >= 0.6 is 0 Å². The highest BCUT2D eigenvalue weighted by molar-refractivity contribution is 7.89. The maximum absolute atomic E-state index is 10.6. The van der Waals surface area contributed by atoms with E-state index in [1.165, 1.54) is 24.5 Å². The van der Waals surface area contributed by atoms with E-state index < -0.39 is 10.0 Å². The molecule has 0 radical (unpaired) electrons. The summed E-state index contributed by atoms with van der Waals surface area (Å²) in [6.45, 7) is 0. The quantitative estimate of drug-likeness (QED) is 0.651. The van der Waals surface area contributed by atoms with Crippen LogP contribution in [0.3, 0.4) is 0 Å². The van der Waals surface area contributed by atoms with E-state index in [1.807, 2.05) is 0 Å². The van der Waals surface area contributed by atoms with Crippen molar-refractivity contribution in [3.63, 3.8) is 0 Å². The van der Waals surface area contributed by atoms with Gasteiger partial charge in [0, 0.05) is 12.4 Å². The van der Waals surface area contributed by atoms with Gasteiger partial charge in [0.2, 0.25) is 10.0 Å². The molecule has 6 heteroatoms. The molecule has 0 unspecified atom stereocenters. The van der Waals surface area contributed by atoms with Crippen molar-refractivity contribution >= 4 is 10.0 Å². The largest absolute Gasteiger partial charge is 0.269 e. The zero-order chi connectivity index (χ0) is 7.61. The average Bonchev–Trinajstić information content (AvgIpc) is 1.88. The molecule has 0 aliphatic carbocycles. The maximum Gasteiger partial charge on any atom is 0.239 e. The lowest BCUT2D eigenvalue weighted by Gasteiger charge is -1.92. The summed E-state index contributed by atoms with van der Waals surface area (Å²) < 4.78 is 21.1. The van der Waals surface area contributed by atoms with Gasteiger partial charge in [0.05, 0.1) is 0 Å². The fourth-order valence-corrected chi connectivity index (χ4v) is 0.991. The third-order valence-electron chi connectivity index (χ3n) is 0.963. The molecule has 4 nitrogen and oxygen atoms in total. The number of halogens is 1. The van der Waals surface area contributed by atoms with Crippen molar-refractivity contribution in [2.75, 3.05) is 0 Å².